The highest BCUT2D eigenvalue weighted by Gasteiger charge is 2.20. The molecular formula is C19H19F2N5O. The van der Waals surface area contributed by atoms with Gasteiger partial charge in [-0.15, -0.1) is 0 Å². The van der Waals surface area contributed by atoms with Crippen molar-refractivity contribution in [2.45, 2.75) is 6.54 Å². The van der Waals surface area contributed by atoms with Crippen molar-refractivity contribution < 1.29 is 13.6 Å². The van der Waals surface area contributed by atoms with Gasteiger partial charge in [0, 0.05) is 44.4 Å². The standard InChI is InChI=1S/C19H19F2N5O/c20-14-7-12(8-15(21)10-14)11-25-3-5-26(6-4-25)19-23-16-2-1-13(18(22)27)9-17(16)24-19/h1-2,7-10H,3-6,11H2,(H2,22,27)(H,23,24). The van der Waals surface area contributed by atoms with Crippen molar-refractivity contribution in [2.24, 2.45) is 5.73 Å². The lowest BCUT2D eigenvalue weighted by atomic mass is 10.2. The topological polar surface area (TPSA) is 78.2 Å². The molecule has 0 saturated carbocycles. The maximum absolute atomic E-state index is 13.3. The fourth-order valence-corrected chi connectivity index (χ4v) is 3.37. The van der Waals surface area contributed by atoms with Gasteiger partial charge in [0.25, 0.3) is 0 Å². The van der Waals surface area contributed by atoms with Gasteiger partial charge in [0.2, 0.25) is 11.9 Å². The fourth-order valence-electron chi connectivity index (χ4n) is 3.37. The van der Waals surface area contributed by atoms with E-state index in [-0.39, 0.29) is 0 Å². The molecule has 1 fully saturated rings. The number of nitrogens with zero attached hydrogens (tertiary/aromatic N) is 3. The van der Waals surface area contributed by atoms with E-state index in [9.17, 15) is 13.6 Å². The first-order valence-corrected chi connectivity index (χ1v) is 8.70. The summed E-state index contributed by atoms with van der Waals surface area (Å²) in [5.41, 5.74) is 7.90. The van der Waals surface area contributed by atoms with Crippen molar-refractivity contribution in [3.8, 4) is 0 Å². The third-order valence-electron chi connectivity index (χ3n) is 4.76. The normalized spacial score (nSPS) is 15.4. The number of H-pyrrole nitrogens is 1. The lowest BCUT2D eigenvalue weighted by Crippen LogP contribution is -2.46. The quantitative estimate of drug-likeness (QED) is 0.738. The van der Waals surface area contributed by atoms with E-state index < -0.39 is 17.5 Å². The molecule has 1 amide bonds. The van der Waals surface area contributed by atoms with Crippen LogP contribution in [-0.2, 0) is 6.54 Å². The minimum atomic E-state index is -0.554. The van der Waals surface area contributed by atoms with E-state index >= 15 is 0 Å². The molecule has 2 aromatic carbocycles. The highest BCUT2D eigenvalue weighted by atomic mass is 19.1. The summed E-state index contributed by atoms with van der Waals surface area (Å²) in [5.74, 6) is -0.852. The molecule has 6 nitrogen and oxygen atoms in total. The number of halogens is 2. The number of imidazole rings is 1. The summed E-state index contributed by atoms with van der Waals surface area (Å²) in [7, 11) is 0. The van der Waals surface area contributed by atoms with Gasteiger partial charge in [0.1, 0.15) is 11.6 Å². The van der Waals surface area contributed by atoms with Gasteiger partial charge in [-0.3, -0.25) is 9.69 Å². The number of hydrogen-bond donors (Lipinski definition) is 2. The number of nitrogens with one attached hydrogen (secondary N) is 1. The second-order valence-corrected chi connectivity index (χ2v) is 6.70. The zero-order chi connectivity index (χ0) is 19.0. The van der Waals surface area contributed by atoms with Gasteiger partial charge in [-0.05, 0) is 35.9 Å². The van der Waals surface area contributed by atoms with Crippen LogP contribution in [0.3, 0.4) is 0 Å². The summed E-state index contributed by atoms with van der Waals surface area (Å²) in [6.45, 7) is 3.48. The van der Waals surface area contributed by atoms with Gasteiger partial charge in [0.05, 0.1) is 11.0 Å². The Balaban J connectivity index is 1.43. The van der Waals surface area contributed by atoms with Gasteiger partial charge >= 0.3 is 0 Å². The molecule has 140 valence electrons. The number of hydrogen-bond acceptors (Lipinski definition) is 4. The van der Waals surface area contributed by atoms with Gasteiger partial charge in [-0.1, -0.05) is 0 Å². The summed E-state index contributed by atoms with van der Waals surface area (Å²) in [6.07, 6.45) is 0. The molecule has 1 aliphatic rings. The number of amides is 1. The van der Waals surface area contributed by atoms with Crippen LogP contribution in [0, 0.1) is 11.6 Å². The number of aromatic amines is 1. The molecule has 0 unspecified atom stereocenters. The van der Waals surface area contributed by atoms with Crippen LogP contribution < -0.4 is 10.6 Å². The summed E-state index contributed by atoms with van der Waals surface area (Å²) >= 11 is 0. The van der Waals surface area contributed by atoms with Crippen LogP contribution in [0.15, 0.2) is 36.4 Å². The van der Waals surface area contributed by atoms with E-state index in [1.165, 1.54) is 12.1 Å². The number of piperazine rings is 1. The number of fused-ring (bicyclic) bond motifs is 1. The highest BCUT2D eigenvalue weighted by molar-refractivity contribution is 5.96. The molecule has 1 aliphatic heterocycles. The maximum Gasteiger partial charge on any atom is 0.248 e. The minimum Gasteiger partial charge on any atom is -0.366 e. The zero-order valence-corrected chi connectivity index (χ0v) is 14.6. The first-order valence-electron chi connectivity index (χ1n) is 8.70. The Morgan fingerprint density at radius 1 is 1.07 bits per heavy atom. The van der Waals surface area contributed by atoms with Gasteiger partial charge in [-0.25, -0.2) is 13.8 Å². The molecule has 3 N–H and O–H groups in total. The molecule has 4 rings (SSSR count). The van der Waals surface area contributed by atoms with Crippen LogP contribution in [0.25, 0.3) is 11.0 Å². The molecule has 8 heteroatoms. The summed E-state index contributed by atoms with van der Waals surface area (Å²) in [6, 6.07) is 8.75. The maximum atomic E-state index is 13.3. The first kappa shape index (κ1) is 17.4. The van der Waals surface area contributed by atoms with Crippen molar-refractivity contribution >= 4 is 22.9 Å². The zero-order valence-electron chi connectivity index (χ0n) is 14.6. The van der Waals surface area contributed by atoms with Crippen molar-refractivity contribution in [1.29, 1.82) is 0 Å². The molecule has 3 aromatic rings. The monoisotopic (exact) mass is 371 g/mol. The number of carbonyl (C=O) groups excluding carboxylic acids is 1. The number of carbonyl (C=O) groups is 1. The Morgan fingerprint density at radius 3 is 2.44 bits per heavy atom. The predicted octanol–water partition coefficient (Wildman–Crippen LogP) is 2.26. The molecule has 2 heterocycles. The third-order valence-corrected chi connectivity index (χ3v) is 4.76. The van der Waals surface area contributed by atoms with Gasteiger partial charge in [0.15, 0.2) is 0 Å². The number of nitrogens with two attached hydrogens (primary N) is 1. The first-order chi connectivity index (χ1) is 13.0. The molecule has 0 aliphatic carbocycles. The lowest BCUT2D eigenvalue weighted by molar-refractivity contribution is 0.100. The van der Waals surface area contributed by atoms with E-state index in [2.05, 4.69) is 19.8 Å². The Morgan fingerprint density at radius 2 is 1.78 bits per heavy atom. The Hall–Kier alpha value is -3.00. The van der Waals surface area contributed by atoms with Crippen molar-refractivity contribution in [3.63, 3.8) is 0 Å². The molecular weight excluding hydrogens is 352 g/mol. The highest BCUT2D eigenvalue weighted by Crippen LogP contribution is 2.20. The van der Waals surface area contributed by atoms with E-state index in [0.29, 0.717) is 23.2 Å². The Labute approximate surface area is 154 Å². The van der Waals surface area contributed by atoms with E-state index in [1.807, 2.05) is 0 Å². The molecule has 0 spiro atoms. The summed E-state index contributed by atoms with van der Waals surface area (Å²) in [4.78, 5) is 23.4. The predicted molar refractivity (Wildman–Crippen MR) is 98.5 cm³/mol. The molecule has 1 saturated heterocycles. The smallest absolute Gasteiger partial charge is 0.248 e. The Kier molecular flexibility index (Phi) is 4.49. The van der Waals surface area contributed by atoms with E-state index in [0.717, 1.165) is 43.7 Å². The molecule has 0 atom stereocenters. The van der Waals surface area contributed by atoms with Crippen LogP contribution in [0.4, 0.5) is 14.7 Å². The molecule has 1 aromatic heterocycles. The van der Waals surface area contributed by atoms with Crippen LogP contribution in [0.5, 0.6) is 0 Å². The molecule has 0 radical (unpaired) electrons. The van der Waals surface area contributed by atoms with E-state index in [1.54, 1.807) is 18.2 Å². The summed E-state index contributed by atoms with van der Waals surface area (Å²) in [5, 5.41) is 0. The number of aromatic nitrogens is 2. The number of rotatable bonds is 4. The second kappa shape index (κ2) is 6.96. The average Bonchev–Trinajstić information content (AvgIpc) is 3.04. The fraction of sp³-hybridized carbons (Fsp3) is 0.263. The third kappa shape index (κ3) is 3.75. The second-order valence-electron chi connectivity index (χ2n) is 6.70. The number of benzene rings is 2. The largest absolute Gasteiger partial charge is 0.366 e. The minimum absolute atomic E-state index is 0.424. The van der Waals surface area contributed by atoms with Crippen molar-refractivity contribution in [2.75, 3.05) is 31.1 Å². The molecule has 27 heavy (non-hydrogen) atoms. The van der Waals surface area contributed by atoms with Crippen LogP contribution >= 0.6 is 0 Å². The molecule has 0 bridgehead atoms. The number of primary amides is 1. The summed E-state index contributed by atoms with van der Waals surface area (Å²) < 4.78 is 26.7. The van der Waals surface area contributed by atoms with Crippen LogP contribution in [0.2, 0.25) is 0 Å². The SMILES string of the molecule is NC(=O)c1ccc2[nH]c(N3CCN(Cc4cc(F)cc(F)c4)CC3)nc2c1. The van der Waals surface area contributed by atoms with Crippen LogP contribution in [0.1, 0.15) is 15.9 Å². The van der Waals surface area contributed by atoms with Crippen LogP contribution in [-0.4, -0.2) is 47.0 Å². The number of anilines is 1. The van der Waals surface area contributed by atoms with Crippen molar-refractivity contribution in [3.05, 3.63) is 59.2 Å². The van der Waals surface area contributed by atoms with Gasteiger partial charge in [-0.2, -0.15) is 0 Å². The Bertz CT molecular complexity index is 975. The lowest BCUT2D eigenvalue weighted by Gasteiger charge is -2.34. The van der Waals surface area contributed by atoms with E-state index in [4.69, 9.17) is 5.73 Å². The van der Waals surface area contributed by atoms with Gasteiger partial charge < -0.3 is 15.6 Å². The van der Waals surface area contributed by atoms with Crippen molar-refractivity contribution in [1.82, 2.24) is 14.9 Å². The average molecular weight is 371 g/mol.